The van der Waals surface area contributed by atoms with Crippen molar-refractivity contribution in [1.82, 2.24) is 14.7 Å². The fourth-order valence-corrected chi connectivity index (χ4v) is 4.84. The van der Waals surface area contributed by atoms with Gasteiger partial charge in [0.15, 0.2) is 0 Å². The second-order valence-electron chi connectivity index (χ2n) is 7.13. The molecule has 1 atom stereocenters. The van der Waals surface area contributed by atoms with Crippen molar-refractivity contribution in [2.24, 2.45) is 0 Å². The van der Waals surface area contributed by atoms with Gasteiger partial charge < -0.3 is 14.7 Å². The number of aliphatic hydroxyl groups excluding tert-OH is 1. The second kappa shape index (κ2) is 9.69. The number of carbonyl (C=O) groups is 1. The molecule has 3 heterocycles. The molecule has 1 aromatic rings. The van der Waals surface area contributed by atoms with E-state index in [1.807, 2.05) is 11.8 Å². The fraction of sp³-hybridized carbons (Fsp3) is 0.737. The Kier molecular flexibility index (Phi) is 7.31. The molecule has 1 aromatic heterocycles. The monoisotopic (exact) mass is 381 g/mol. The van der Waals surface area contributed by atoms with Gasteiger partial charge >= 0.3 is 6.09 Å². The van der Waals surface area contributed by atoms with Gasteiger partial charge in [-0.15, -0.1) is 11.3 Å². The fourth-order valence-electron chi connectivity index (χ4n) is 4.11. The van der Waals surface area contributed by atoms with Crippen LogP contribution in [0.4, 0.5) is 4.79 Å². The van der Waals surface area contributed by atoms with Crippen molar-refractivity contribution in [3.8, 4) is 0 Å². The predicted molar refractivity (Wildman–Crippen MR) is 103 cm³/mol. The third kappa shape index (κ3) is 4.97. The number of amides is 1. The van der Waals surface area contributed by atoms with Crippen LogP contribution in [0.25, 0.3) is 0 Å². The highest BCUT2D eigenvalue weighted by Gasteiger charge is 2.33. The average Bonchev–Trinajstić information content (AvgIpc) is 3.17. The zero-order valence-corrected chi connectivity index (χ0v) is 16.5. The molecule has 2 aliphatic heterocycles. The third-order valence-corrected chi connectivity index (χ3v) is 6.41. The number of ether oxygens (including phenoxy) is 1. The number of piperidine rings is 1. The molecule has 6 nitrogen and oxygen atoms in total. The lowest BCUT2D eigenvalue weighted by Gasteiger charge is -2.46. The van der Waals surface area contributed by atoms with Gasteiger partial charge in [0.25, 0.3) is 0 Å². The van der Waals surface area contributed by atoms with E-state index in [1.165, 1.54) is 4.88 Å². The molecule has 0 unspecified atom stereocenters. The summed E-state index contributed by atoms with van der Waals surface area (Å²) in [5.41, 5.74) is 0. The lowest BCUT2D eigenvalue weighted by molar-refractivity contribution is 0.0125. The summed E-state index contributed by atoms with van der Waals surface area (Å²) in [6, 6.07) is 5.23. The van der Waals surface area contributed by atoms with E-state index in [4.69, 9.17) is 4.74 Å². The van der Waals surface area contributed by atoms with Gasteiger partial charge in [-0.25, -0.2) is 4.79 Å². The summed E-state index contributed by atoms with van der Waals surface area (Å²) < 4.78 is 5.11. The molecule has 0 spiro atoms. The maximum absolute atomic E-state index is 11.9. The summed E-state index contributed by atoms with van der Waals surface area (Å²) in [6.07, 6.45) is 2.67. The molecule has 1 N–H and O–H groups in total. The minimum Gasteiger partial charge on any atom is -0.450 e. The van der Waals surface area contributed by atoms with Gasteiger partial charge in [0.1, 0.15) is 0 Å². The molecular formula is C19H31N3O3S. The SMILES string of the molecule is CCOC(=O)N1CCC(N2CCN(Cc3cccs3)[C@@H](CCO)C2)CC1. The molecule has 26 heavy (non-hydrogen) atoms. The standard InChI is InChI=1S/C19H31N3O3S/c1-2-25-19(24)20-8-5-16(6-9-20)21-10-11-22(17(14-21)7-12-23)15-18-4-3-13-26-18/h3-4,13,16-17,23H,2,5-12,14-15H2,1H3/t17-/m0/s1. The summed E-state index contributed by atoms with van der Waals surface area (Å²) in [7, 11) is 0. The number of likely N-dealkylation sites (tertiary alicyclic amines) is 1. The zero-order valence-electron chi connectivity index (χ0n) is 15.7. The van der Waals surface area contributed by atoms with Crippen LogP contribution in [0.2, 0.25) is 0 Å². The van der Waals surface area contributed by atoms with Gasteiger partial charge in [-0.3, -0.25) is 9.80 Å². The Labute approximate surface area is 160 Å². The Morgan fingerprint density at radius 2 is 2.12 bits per heavy atom. The highest BCUT2D eigenvalue weighted by molar-refractivity contribution is 7.09. The lowest BCUT2D eigenvalue weighted by Crippen LogP contribution is -2.57. The molecule has 1 amide bonds. The smallest absolute Gasteiger partial charge is 0.409 e. The van der Waals surface area contributed by atoms with Crippen molar-refractivity contribution in [3.05, 3.63) is 22.4 Å². The summed E-state index contributed by atoms with van der Waals surface area (Å²) >= 11 is 1.81. The van der Waals surface area contributed by atoms with Gasteiger partial charge in [-0.05, 0) is 37.6 Å². The van der Waals surface area contributed by atoms with Crippen LogP contribution in [0.1, 0.15) is 31.1 Å². The molecule has 3 rings (SSSR count). The number of aliphatic hydroxyl groups is 1. The molecule has 2 fully saturated rings. The van der Waals surface area contributed by atoms with Crippen molar-refractivity contribution in [1.29, 1.82) is 0 Å². The van der Waals surface area contributed by atoms with E-state index in [0.717, 1.165) is 58.5 Å². The first kappa shape index (κ1) is 19.6. The first-order valence-electron chi connectivity index (χ1n) is 9.74. The summed E-state index contributed by atoms with van der Waals surface area (Å²) in [5, 5.41) is 11.6. The molecule has 0 bridgehead atoms. The Morgan fingerprint density at radius 1 is 1.31 bits per heavy atom. The third-order valence-electron chi connectivity index (χ3n) is 5.54. The lowest BCUT2D eigenvalue weighted by atomic mass is 10.00. The van der Waals surface area contributed by atoms with E-state index < -0.39 is 0 Å². The highest BCUT2D eigenvalue weighted by atomic mass is 32.1. The van der Waals surface area contributed by atoms with E-state index in [-0.39, 0.29) is 12.7 Å². The molecular weight excluding hydrogens is 350 g/mol. The number of hydrogen-bond acceptors (Lipinski definition) is 6. The van der Waals surface area contributed by atoms with E-state index in [1.54, 1.807) is 11.3 Å². The predicted octanol–water partition coefficient (Wildman–Crippen LogP) is 2.24. The van der Waals surface area contributed by atoms with E-state index >= 15 is 0 Å². The Hall–Kier alpha value is -1.15. The minimum atomic E-state index is -0.176. The van der Waals surface area contributed by atoms with Crippen LogP contribution in [0.15, 0.2) is 17.5 Å². The molecule has 2 saturated heterocycles. The molecule has 146 valence electrons. The Balaban J connectivity index is 1.52. The van der Waals surface area contributed by atoms with Crippen molar-refractivity contribution >= 4 is 17.4 Å². The number of rotatable bonds is 6. The van der Waals surface area contributed by atoms with Crippen molar-refractivity contribution in [2.45, 2.75) is 44.8 Å². The molecule has 0 aromatic carbocycles. The van der Waals surface area contributed by atoms with Gasteiger partial charge in [0.2, 0.25) is 0 Å². The first-order valence-corrected chi connectivity index (χ1v) is 10.6. The summed E-state index contributed by atoms with van der Waals surface area (Å²) in [4.78, 5) is 20.2. The number of piperazine rings is 1. The number of nitrogens with zero attached hydrogens (tertiary/aromatic N) is 3. The van der Waals surface area contributed by atoms with Crippen LogP contribution in [0, 0.1) is 0 Å². The van der Waals surface area contributed by atoms with Crippen molar-refractivity contribution in [3.63, 3.8) is 0 Å². The highest BCUT2D eigenvalue weighted by Crippen LogP contribution is 2.24. The first-order chi connectivity index (χ1) is 12.7. The average molecular weight is 382 g/mol. The van der Waals surface area contributed by atoms with Crippen LogP contribution < -0.4 is 0 Å². The number of thiophene rings is 1. The van der Waals surface area contributed by atoms with Gasteiger partial charge in [0.05, 0.1) is 6.61 Å². The van der Waals surface area contributed by atoms with E-state index in [0.29, 0.717) is 18.7 Å². The van der Waals surface area contributed by atoms with Gasteiger partial charge in [-0.1, -0.05) is 6.07 Å². The summed E-state index contributed by atoms with van der Waals surface area (Å²) in [6.45, 7) is 8.19. The van der Waals surface area contributed by atoms with Crippen LogP contribution in [-0.2, 0) is 11.3 Å². The molecule has 0 saturated carbocycles. The van der Waals surface area contributed by atoms with Crippen LogP contribution in [-0.4, -0.2) is 83.9 Å². The Bertz CT molecular complexity index is 546. The van der Waals surface area contributed by atoms with Gasteiger partial charge in [-0.2, -0.15) is 0 Å². The van der Waals surface area contributed by atoms with E-state index in [9.17, 15) is 9.90 Å². The van der Waals surface area contributed by atoms with Crippen LogP contribution in [0.5, 0.6) is 0 Å². The normalized spacial score (nSPS) is 23.3. The Morgan fingerprint density at radius 3 is 2.77 bits per heavy atom. The maximum Gasteiger partial charge on any atom is 0.409 e. The largest absolute Gasteiger partial charge is 0.450 e. The maximum atomic E-state index is 11.9. The molecule has 7 heteroatoms. The molecule has 2 aliphatic rings. The molecule has 0 radical (unpaired) electrons. The zero-order chi connectivity index (χ0) is 18.4. The molecule has 0 aliphatic carbocycles. The van der Waals surface area contributed by atoms with Gasteiger partial charge in [0, 0.05) is 62.8 Å². The summed E-state index contributed by atoms with van der Waals surface area (Å²) in [5.74, 6) is 0. The quantitative estimate of drug-likeness (QED) is 0.819. The van der Waals surface area contributed by atoms with Crippen molar-refractivity contribution < 1.29 is 14.6 Å². The van der Waals surface area contributed by atoms with Crippen LogP contribution in [0.3, 0.4) is 0 Å². The number of carbonyl (C=O) groups excluding carboxylic acids is 1. The minimum absolute atomic E-state index is 0.176. The van der Waals surface area contributed by atoms with Crippen molar-refractivity contribution in [2.75, 3.05) is 45.9 Å². The van der Waals surface area contributed by atoms with E-state index in [2.05, 4.69) is 27.3 Å². The number of hydrogen-bond donors (Lipinski definition) is 1. The van der Waals surface area contributed by atoms with Crippen LogP contribution >= 0.6 is 11.3 Å². The topological polar surface area (TPSA) is 56.2 Å². The second-order valence-corrected chi connectivity index (χ2v) is 8.16.